The fraction of sp³-hybridized carbons (Fsp3) is 0.357. The average Bonchev–Trinajstić information content (AvgIpc) is 3.70. The number of hydrogen-bond donors (Lipinski definition) is 1. The summed E-state index contributed by atoms with van der Waals surface area (Å²) in [6.07, 6.45) is 7.75. The van der Waals surface area contributed by atoms with E-state index in [1.807, 2.05) is 29.3 Å². The number of aromatic nitrogens is 3. The summed E-state index contributed by atoms with van der Waals surface area (Å²) in [4.78, 5) is 19.5. The van der Waals surface area contributed by atoms with Gasteiger partial charge in [0.15, 0.2) is 5.76 Å². The number of anilines is 1. The maximum atomic E-state index is 13.2. The lowest BCUT2D eigenvalue weighted by Crippen LogP contribution is -2.42. The van der Waals surface area contributed by atoms with Gasteiger partial charge in [0.2, 0.25) is 17.5 Å². The van der Waals surface area contributed by atoms with Crippen LogP contribution in [0.25, 0.3) is 11.7 Å². The lowest BCUT2D eigenvalue weighted by Gasteiger charge is -2.32. The van der Waals surface area contributed by atoms with Crippen LogP contribution in [0, 0.1) is 17.2 Å². The maximum absolute atomic E-state index is 13.2. The number of rotatable bonds is 6. The van der Waals surface area contributed by atoms with Crippen LogP contribution in [0.15, 0.2) is 63.8 Å². The Labute approximate surface area is 214 Å². The van der Waals surface area contributed by atoms with Gasteiger partial charge in [-0.3, -0.25) is 9.48 Å². The number of nitrogens with zero attached hydrogens (tertiary/aromatic N) is 5. The first-order chi connectivity index (χ1) is 18.2. The van der Waals surface area contributed by atoms with Gasteiger partial charge in [0.1, 0.15) is 6.07 Å². The standard InChI is InChI=1S/C28H28N6O3/c29-16-23-28(37-27(32-23)25-10-5-15-36-25)33-13-11-20(12-14-33)26(35)31-22-8-4-9-24-21(22)17-30-34(24)18-19-6-2-1-3-7-19/h1-3,5-7,10,15,17,20,22H,4,8-9,11-14,18H2,(H,31,35). The molecule has 1 aliphatic carbocycles. The number of fused-ring (bicyclic) bond motifs is 1. The van der Waals surface area contributed by atoms with Gasteiger partial charge in [-0.25, -0.2) is 0 Å². The molecule has 0 radical (unpaired) electrons. The Morgan fingerprint density at radius 3 is 2.73 bits per heavy atom. The number of carbonyl (C=O) groups is 1. The summed E-state index contributed by atoms with van der Waals surface area (Å²) in [6, 6.07) is 15.9. The van der Waals surface area contributed by atoms with Crippen LogP contribution in [0.3, 0.4) is 0 Å². The van der Waals surface area contributed by atoms with Crippen LogP contribution in [0.2, 0.25) is 0 Å². The average molecular weight is 497 g/mol. The van der Waals surface area contributed by atoms with Crippen molar-refractivity contribution < 1.29 is 13.6 Å². The minimum atomic E-state index is -0.0843. The number of oxazole rings is 1. The molecule has 1 fully saturated rings. The van der Waals surface area contributed by atoms with E-state index in [9.17, 15) is 10.1 Å². The third-order valence-corrected chi connectivity index (χ3v) is 7.35. The van der Waals surface area contributed by atoms with Gasteiger partial charge in [0.25, 0.3) is 5.89 Å². The van der Waals surface area contributed by atoms with Crippen LogP contribution in [0.5, 0.6) is 0 Å². The van der Waals surface area contributed by atoms with Gasteiger partial charge in [0, 0.05) is 30.3 Å². The highest BCUT2D eigenvalue weighted by atomic mass is 16.4. The smallest absolute Gasteiger partial charge is 0.266 e. The first-order valence-electron chi connectivity index (χ1n) is 12.8. The Morgan fingerprint density at radius 1 is 1.14 bits per heavy atom. The lowest BCUT2D eigenvalue weighted by atomic mass is 9.90. The highest BCUT2D eigenvalue weighted by Crippen LogP contribution is 2.33. The molecule has 6 rings (SSSR count). The second-order valence-corrected chi connectivity index (χ2v) is 9.67. The van der Waals surface area contributed by atoms with Gasteiger partial charge in [-0.15, -0.1) is 0 Å². The molecule has 1 aromatic carbocycles. The number of benzene rings is 1. The quantitative estimate of drug-likeness (QED) is 0.419. The number of piperidine rings is 1. The fourth-order valence-electron chi connectivity index (χ4n) is 5.40. The van der Waals surface area contributed by atoms with E-state index >= 15 is 0 Å². The molecule has 0 bridgehead atoms. The number of nitriles is 1. The van der Waals surface area contributed by atoms with Crippen molar-refractivity contribution in [1.82, 2.24) is 20.1 Å². The van der Waals surface area contributed by atoms with Crippen LogP contribution < -0.4 is 10.2 Å². The molecule has 1 aliphatic heterocycles. The van der Waals surface area contributed by atoms with Gasteiger partial charge in [0.05, 0.1) is 25.0 Å². The van der Waals surface area contributed by atoms with E-state index in [1.165, 1.54) is 11.3 Å². The predicted octanol–water partition coefficient (Wildman–Crippen LogP) is 4.46. The summed E-state index contributed by atoms with van der Waals surface area (Å²) < 4.78 is 13.3. The van der Waals surface area contributed by atoms with Crippen LogP contribution in [0.4, 0.5) is 5.88 Å². The number of furan rings is 1. The molecule has 9 heteroatoms. The number of nitrogens with one attached hydrogen (secondary N) is 1. The monoisotopic (exact) mass is 496 g/mol. The third-order valence-electron chi connectivity index (χ3n) is 7.35. The minimum Gasteiger partial charge on any atom is -0.459 e. The first kappa shape index (κ1) is 23.1. The van der Waals surface area contributed by atoms with E-state index in [1.54, 1.807) is 18.4 Å². The van der Waals surface area contributed by atoms with Gasteiger partial charge < -0.3 is 19.1 Å². The molecule has 1 amide bonds. The normalized spacial score (nSPS) is 17.8. The highest BCUT2D eigenvalue weighted by Gasteiger charge is 2.32. The Hall–Kier alpha value is -4.32. The van der Waals surface area contributed by atoms with Gasteiger partial charge in [-0.1, -0.05) is 30.3 Å². The summed E-state index contributed by atoms with van der Waals surface area (Å²) in [5, 5.41) is 17.5. The molecule has 1 unspecified atom stereocenters. The van der Waals surface area contributed by atoms with Gasteiger partial charge >= 0.3 is 0 Å². The van der Waals surface area contributed by atoms with Crippen molar-refractivity contribution in [2.75, 3.05) is 18.0 Å². The molecule has 1 N–H and O–H groups in total. The fourth-order valence-corrected chi connectivity index (χ4v) is 5.40. The van der Waals surface area contributed by atoms with E-state index in [-0.39, 0.29) is 29.5 Å². The van der Waals surface area contributed by atoms with Crippen molar-refractivity contribution in [3.63, 3.8) is 0 Å². The molecule has 37 heavy (non-hydrogen) atoms. The van der Waals surface area contributed by atoms with E-state index < -0.39 is 0 Å². The van der Waals surface area contributed by atoms with Crippen LogP contribution in [0.1, 0.15) is 54.2 Å². The Balaban J connectivity index is 1.09. The zero-order valence-electron chi connectivity index (χ0n) is 20.5. The van der Waals surface area contributed by atoms with E-state index in [2.05, 4.69) is 38.3 Å². The van der Waals surface area contributed by atoms with Crippen molar-refractivity contribution in [2.24, 2.45) is 5.92 Å². The Kier molecular flexibility index (Phi) is 6.23. The second kappa shape index (κ2) is 9.97. The molecule has 0 spiro atoms. The summed E-state index contributed by atoms with van der Waals surface area (Å²) in [5.74, 6) is 1.21. The van der Waals surface area contributed by atoms with Crippen molar-refractivity contribution >= 4 is 11.8 Å². The lowest BCUT2D eigenvalue weighted by molar-refractivity contribution is -0.126. The second-order valence-electron chi connectivity index (χ2n) is 9.67. The molecule has 1 atom stereocenters. The Morgan fingerprint density at radius 2 is 1.97 bits per heavy atom. The predicted molar refractivity (Wildman–Crippen MR) is 135 cm³/mol. The molecule has 4 heterocycles. The summed E-state index contributed by atoms with van der Waals surface area (Å²) in [5.41, 5.74) is 3.81. The van der Waals surface area contributed by atoms with Crippen LogP contribution in [-0.2, 0) is 17.8 Å². The zero-order valence-corrected chi connectivity index (χ0v) is 20.5. The third kappa shape index (κ3) is 4.62. The maximum Gasteiger partial charge on any atom is 0.266 e. The summed E-state index contributed by atoms with van der Waals surface area (Å²) in [7, 11) is 0. The molecule has 188 valence electrons. The van der Waals surface area contributed by atoms with Crippen LogP contribution >= 0.6 is 0 Å². The van der Waals surface area contributed by atoms with E-state index in [4.69, 9.17) is 8.83 Å². The minimum absolute atomic E-state index is 0.00544. The molecule has 2 aliphatic rings. The molecule has 9 nitrogen and oxygen atoms in total. The summed E-state index contributed by atoms with van der Waals surface area (Å²) >= 11 is 0. The zero-order chi connectivity index (χ0) is 25.2. The first-order valence-corrected chi connectivity index (χ1v) is 12.8. The van der Waals surface area contributed by atoms with Crippen molar-refractivity contribution in [3.8, 4) is 17.7 Å². The highest BCUT2D eigenvalue weighted by molar-refractivity contribution is 5.79. The summed E-state index contributed by atoms with van der Waals surface area (Å²) in [6.45, 7) is 1.97. The molecular weight excluding hydrogens is 468 g/mol. The van der Waals surface area contributed by atoms with Crippen molar-refractivity contribution in [2.45, 2.75) is 44.7 Å². The topological polar surface area (TPSA) is 113 Å². The largest absolute Gasteiger partial charge is 0.459 e. The molecule has 4 aromatic rings. The number of hydrogen-bond acceptors (Lipinski definition) is 7. The van der Waals surface area contributed by atoms with Gasteiger partial charge in [-0.2, -0.15) is 15.3 Å². The molecule has 0 saturated carbocycles. The van der Waals surface area contributed by atoms with Gasteiger partial charge in [-0.05, 0) is 49.8 Å². The number of amides is 1. The van der Waals surface area contributed by atoms with Crippen molar-refractivity contribution in [1.29, 1.82) is 5.26 Å². The van der Waals surface area contributed by atoms with Crippen LogP contribution in [-0.4, -0.2) is 33.8 Å². The molecule has 3 aromatic heterocycles. The van der Waals surface area contributed by atoms with E-state index in [0.29, 0.717) is 37.6 Å². The molecule has 1 saturated heterocycles. The Bertz CT molecular complexity index is 1410. The SMILES string of the molecule is N#Cc1nc(-c2ccco2)oc1N1CCC(C(=O)NC2CCCc3c2cnn3Cc2ccccc2)CC1. The van der Waals surface area contributed by atoms with E-state index in [0.717, 1.165) is 31.4 Å². The van der Waals surface area contributed by atoms with Crippen molar-refractivity contribution in [3.05, 3.63) is 77.4 Å². The molecular formula is C28H28N6O3. The number of carbonyl (C=O) groups excluding carboxylic acids is 1.